The summed E-state index contributed by atoms with van der Waals surface area (Å²) in [5.74, 6) is 3.30. The number of ether oxygens (including phenoxy) is 2. The van der Waals surface area contributed by atoms with Gasteiger partial charge in [-0.3, -0.25) is 0 Å². The molecule has 4 nitrogen and oxygen atoms in total. The Morgan fingerprint density at radius 3 is 0.933 bits per heavy atom. The van der Waals surface area contributed by atoms with Crippen LogP contribution in [0.5, 0.6) is 0 Å². The molecule has 60 heavy (non-hydrogen) atoms. The fourth-order valence-corrected chi connectivity index (χ4v) is 6.91. The van der Waals surface area contributed by atoms with Crippen LogP contribution in [0.3, 0.4) is 0 Å². The van der Waals surface area contributed by atoms with Gasteiger partial charge in [-0.1, -0.05) is 182 Å². The molecule has 0 radical (unpaired) electrons. The standard InChI is InChI=1S/C56H40N2O2/c1-5-13-47(14-6-1)53-35-45(36-54(59-53)48-15-7-2-8-16-48)33-43-25-21-41(22-26-43)29-31-51-39-52(58-40-57-51)32-30-42-23-27-44(28-24-42)34-46-37-55(49-17-9-3-10-18-49)60-56(38-46)50-19-11-4-12-20-50/h1-40H/b31-29+,32-30+. The second-order valence-corrected chi connectivity index (χ2v) is 14.4. The monoisotopic (exact) mass is 772 g/mol. The van der Waals surface area contributed by atoms with Crippen LogP contribution in [0.4, 0.5) is 0 Å². The van der Waals surface area contributed by atoms with E-state index in [1.165, 1.54) is 0 Å². The van der Waals surface area contributed by atoms with Gasteiger partial charge in [-0.05, 0) is 88.1 Å². The van der Waals surface area contributed by atoms with E-state index >= 15 is 0 Å². The number of benzene rings is 6. The Morgan fingerprint density at radius 1 is 0.317 bits per heavy atom. The van der Waals surface area contributed by atoms with Gasteiger partial charge < -0.3 is 9.47 Å². The number of hydrogen-bond donors (Lipinski definition) is 0. The first-order chi connectivity index (χ1) is 29.7. The molecule has 0 N–H and O–H groups in total. The third-order valence-corrected chi connectivity index (χ3v) is 10.0. The molecule has 4 heteroatoms. The van der Waals surface area contributed by atoms with Gasteiger partial charge in [0.1, 0.15) is 29.4 Å². The van der Waals surface area contributed by atoms with E-state index in [9.17, 15) is 0 Å². The van der Waals surface area contributed by atoms with Crippen LogP contribution in [-0.4, -0.2) is 9.97 Å². The Balaban J connectivity index is 0.871. The van der Waals surface area contributed by atoms with Crippen molar-refractivity contribution >= 4 is 59.5 Å². The maximum absolute atomic E-state index is 6.37. The number of nitrogens with zero attached hydrogens (tertiary/aromatic N) is 2. The van der Waals surface area contributed by atoms with Crippen molar-refractivity contribution in [3.05, 3.63) is 274 Å². The maximum atomic E-state index is 6.37. The highest BCUT2D eigenvalue weighted by molar-refractivity contribution is 5.82. The third kappa shape index (κ3) is 9.54. The highest BCUT2D eigenvalue weighted by Gasteiger charge is 2.16. The lowest BCUT2D eigenvalue weighted by atomic mass is 10.0. The SMILES string of the molecule is C(=C1C=C(c2ccccc2)OC(c2ccccc2)=C1)c1ccc(/C=C/c2cc(/C=C/c3ccc(C=C4C=C(c5ccccc5)OC(c5ccccc5)=C4)cc3)ncn2)cc1. The Labute approximate surface area is 351 Å². The second-order valence-electron chi connectivity index (χ2n) is 14.4. The Morgan fingerprint density at radius 2 is 0.617 bits per heavy atom. The molecule has 2 aliphatic heterocycles. The molecule has 286 valence electrons. The molecule has 7 aromatic rings. The smallest absolute Gasteiger partial charge is 0.135 e. The van der Waals surface area contributed by atoms with Crippen LogP contribution in [-0.2, 0) is 9.47 Å². The molecule has 0 fully saturated rings. The normalized spacial score (nSPS) is 13.8. The molecule has 0 saturated carbocycles. The summed E-state index contributed by atoms with van der Waals surface area (Å²) in [4.78, 5) is 8.99. The number of hydrogen-bond acceptors (Lipinski definition) is 4. The lowest BCUT2D eigenvalue weighted by Gasteiger charge is -2.19. The van der Waals surface area contributed by atoms with Crippen LogP contribution in [0.2, 0.25) is 0 Å². The summed E-state index contributed by atoms with van der Waals surface area (Å²) in [7, 11) is 0. The van der Waals surface area contributed by atoms with Crippen molar-refractivity contribution in [2.24, 2.45) is 0 Å². The summed E-state index contributed by atoms with van der Waals surface area (Å²) in [5.41, 5.74) is 12.3. The van der Waals surface area contributed by atoms with Crippen molar-refractivity contribution in [1.82, 2.24) is 9.97 Å². The molecule has 0 bridgehead atoms. The van der Waals surface area contributed by atoms with E-state index in [4.69, 9.17) is 9.47 Å². The minimum absolute atomic E-state index is 0.824. The fraction of sp³-hybridized carbons (Fsp3) is 0. The van der Waals surface area contributed by atoms with Crippen molar-refractivity contribution in [3.8, 4) is 0 Å². The summed E-state index contributed by atoms with van der Waals surface area (Å²) in [6, 6.07) is 59.8. The summed E-state index contributed by atoms with van der Waals surface area (Å²) < 4.78 is 12.7. The molecule has 6 aromatic carbocycles. The molecule has 3 heterocycles. The second kappa shape index (κ2) is 18.0. The van der Waals surface area contributed by atoms with Crippen molar-refractivity contribution in [3.63, 3.8) is 0 Å². The lowest BCUT2D eigenvalue weighted by Crippen LogP contribution is -1.99. The molecule has 0 atom stereocenters. The van der Waals surface area contributed by atoms with E-state index in [0.717, 1.165) is 90.1 Å². The Kier molecular flexibility index (Phi) is 11.3. The van der Waals surface area contributed by atoms with E-state index in [1.807, 2.05) is 91.0 Å². The molecule has 0 unspecified atom stereocenters. The zero-order chi connectivity index (χ0) is 40.4. The minimum Gasteiger partial charge on any atom is -0.456 e. The average molecular weight is 773 g/mol. The lowest BCUT2D eigenvalue weighted by molar-refractivity contribution is 0.466. The van der Waals surface area contributed by atoms with Crippen molar-refractivity contribution in [2.45, 2.75) is 0 Å². The minimum atomic E-state index is 0.824. The van der Waals surface area contributed by atoms with E-state index in [1.54, 1.807) is 6.33 Å². The predicted octanol–water partition coefficient (Wildman–Crippen LogP) is 13.8. The molecule has 0 spiro atoms. The number of aromatic nitrogens is 2. The van der Waals surface area contributed by atoms with E-state index in [0.29, 0.717) is 0 Å². The van der Waals surface area contributed by atoms with Gasteiger partial charge in [0.25, 0.3) is 0 Å². The highest BCUT2D eigenvalue weighted by atomic mass is 16.5. The van der Waals surface area contributed by atoms with Crippen molar-refractivity contribution in [1.29, 1.82) is 0 Å². The van der Waals surface area contributed by atoms with Crippen LogP contribution < -0.4 is 0 Å². The van der Waals surface area contributed by atoms with Gasteiger partial charge >= 0.3 is 0 Å². The summed E-state index contributed by atoms with van der Waals surface area (Å²) in [5, 5.41) is 0. The molecule has 0 amide bonds. The summed E-state index contributed by atoms with van der Waals surface area (Å²) in [6.45, 7) is 0. The molecule has 0 aliphatic carbocycles. The summed E-state index contributed by atoms with van der Waals surface area (Å²) >= 11 is 0. The molecule has 2 aliphatic rings. The van der Waals surface area contributed by atoms with E-state index in [2.05, 4.69) is 156 Å². The van der Waals surface area contributed by atoms with E-state index in [-0.39, 0.29) is 0 Å². The average Bonchev–Trinajstić information content (AvgIpc) is 3.32. The molecule has 9 rings (SSSR count). The van der Waals surface area contributed by atoms with Gasteiger partial charge in [0.15, 0.2) is 0 Å². The zero-order valence-electron chi connectivity index (χ0n) is 32.8. The topological polar surface area (TPSA) is 44.2 Å². The van der Waals surface area contributed by atoms with Crippen molar-refractivity contribution < 1.29 is 9.47 Å². The Hall–Kier alpha value is -8.08. The van der Waals surface area contributed by atoms with Gasteiger partial charge in [-0.2, -0.15) is 0 Å². The molecular weight excluding hydrogens is 733 g/mol. The molecule has 0 saturated heterocycles. The Bertz CT molecular complexity index is 2540. The van der Waals surface area contributed by atoms with Crippen LogP contribution in [0.25, 0.3) is 59.5 Å². The van der Waals surface area contributed by atoms with Gasteiger partial charge in [-0.25, -0.2) is 9.97 Å². The number of allylic oxidation sites excluding steroid dienone is 6. The van der Waals surface area contributed by atoms with Crippen LogP contribution in [0, 0.1) is 0 Å². The first kappa shape index (κ1) is 37.5. The maximum Gasteiger partial charge on any atom is 0.135 e. The van der Waals surface area contributed by atoms with E-state index < -0.39 is 0 Å². The fourth-order valence-electron chi connectivity index (χ4n) is 6.91. The highest BCUT2D eigenvalue weighted by Crippen LogP contribution is 2.34. The van der Waals surface area contributed by atoms with Crippen molar-refractivity contribution in [2.75, 3.05) is 0 Å². The molecular formula is C56H40N2O2. The van der Waals surface area contributed by atoms with Gasteiger partial charge in [-0.15, -0.1) is 0 Å². The predicted molar refractivity (Wildman–Crippen MR) is 249 cm³/mol. The first-order valence-corrected chi connectivity index (χ1v) is 19.9. The van der Waals surface area contributed by atoms with Gasteiger partial charge in [0.05, 0.1) is 11.4 Å². The first-order valence-electron chi connectivity index (χ1n) is 19.9. The van der Waals surface area contributed by atoms with Crippen LogP contribution >= 0.6 is 0 Å². The van der Waals surface area contributed by atoms with Crippen LogP contribution in [0.1, 0.15) is 55.9 Å². The number of rotatable bonds is 10. The summed E-state index contributed by atoms with van der Waals surface area (Å²) in [6.07, 6.45) is 22.5. The largest absolute Gasteiger partial charge is 0.456 e. The van der Waals surface area contributed by atoms with Crippen LogP contribution in [0.15, 0.2) is 218 Å². The van der Waals surface area contributed by atoms with Gasteiger partial charge in [0.2, 0.25) is 0 Å². The quantitative estimate of drug-likeness (QED) is 0.139. The van der Waals surface area contributed by atoms with Gasteiger partial charge in [0, 0.05) is 22.3 Å². The molecule has 1 aromatic heterocycles. The zero-order valence-corrected chi connectivity index (χ0v) is 32.8. The third-order valence-electron chi connectivity index (χ3n) is 10.0.